The van der Waals surface area contributed by atoms with Gasteiger partial charge in [0.15, 0.2) is 5.11 Å². The Kier molecular flexibility index (Phi) is 7.13. The Morgan fingerprint density at radius 3 is 2.63 bits per heavy atom. The quantitative estimate of drug-likeness (QED) is 0.419. The molecule has 1 amide bonds. The minimum absolute atomic E-state index is 0.0145. The molecule has 2 aromatic heterocycles. The van der Waals surface area contributed by atoms with Crippen LogP contribution in [0.4, 0.5) is 5.69 Å². The molecule has 0 bridgehead atoms. The molecule has 2 N–H and O–H groups in total. The van der Waals surface area contributed by atoms with Gasteiger partial charge in [-0.3, -0.25) is 9.78 Å². The largest absolute Gasteiger partial charge is 0.352 e. The van der Waals surface area contributed by atoms with Gasteiger partial charge in [0.05, 0.1) is 17.8 Å². The average molecular weight is 488 g/mol. The van der Waals surface area contributed by atoms with Crippen LogP contribution < -0.4 is 10.6 Å². The Bertz CT molecular complexity index is 1150. The maximum Gasteiger partial charge on any atom is 0.226 e. The molecule has 3 heterocycles. The maximum absolute atomic E-state index is 12.8. The van der Waals surface area contributed by atoms with Crippen LogP contribution in [0.25, 0.3) is 0 Å². The van der Waals surface area contributed by atoms with Crippen molar-refractivity contribution >= 4 is 28.9 Å². The summed E-state index contributed by atoms with van der Waals surface area (Å²) in [6.07, 6.45) is 10.7. The van der Waals surface area contributed by atoms with Crippen molar-refractivity contribution in [1.29, 1.82) is 0 Å². The second-order valence-electron chi connectivity index (χ2n) is 9.62. The first-order chi connectivity index (χ1) is 17.1. The molecule has 2 aliphatic rings. The smallest absolute Gasteiger partial charge is 0.226 e. The molecular formula is C28H33N5OS. The number of aromatic nitrogens is 2. The van der Waals surface area contributed by atoms with Gasteiger partial charge in [0.2, 0.25) is 5.91 Å². The number of hydrogen-bond acceptors (Lipinski definition) is 3. The highest BCUT2D eigenvalue weighted by molar-refractivity contribution is 7.80. The van der Waals surface area contributed by atoms with Crippen molar-refractivity contribution in [3.63, 3.8) is 0 Å². The van der Waals surface area contributed by atoms with Crippen LogP contribution >= 0.6 is 12.2 Å². The number of hydrogen-bond donors (Lipinski definition) is 2. The molecule has 1 saturated heterocycles. The molecule has 2 atom stereocenters. The van der Waals surface area contributed by atoms with E-state index in [1.807, 2.05) is 49.5 Å². The van der Waals surface area contributed by atoms with Crippen molar-refractivity contribution in [3.8, 4) is 0 Å². The van der Waals surface area contributed by atoms with Crippen molar-refractivity contribution < 1.29 is 4.79 Å². The van der Waals surface area contributed by atoms with Gasteiger partial charge in [-0.1, -0.05) is 43.0 Å². The fourth-order valence-corrected chi connectivity index (χ4v) is 5.73. The van der Waals surface area contributed by atoms with Gasteiger partial charge >= 0.3 is 0 Å². The zero-order valence-corrected chi connectivity index (χ0v) is 21.0. The molecule has 35 heavy (non-hydrogen) atoms. The summed E-state index contributed by atoms with van der Waals surface area (Å²) in [6, 6.07) is 18.7. The SMILES string of the molecule is Cc1ccc(NC(=O)CCN2C(=S)N[C@@H](c3ccccn3)[C@H]2c2cccn2C2CCCCC2)cc1. The monoisotopic (exact) mass is 487 g/mol. The zero-order chi connectivity index (χ0) is 24.2. The van der Waals surface area contributed by atoms with E-state index in [0.717, 1.165) is 11.4 Å². The predicted octanol–water partition coefficient (Wildman–Crippen LogP) is 5.70. The van der Waals surface area contributed by atoms with E-state index in [-0.39, 0.29) is 18.0 Å². The van der Waals surface area contributed by atoms with Crippen molar-refractivity contribution in [2.45, 2.75) is 63.6 Å². The number of nitrogens with one attached hydrogen (secondary N) is 2. The third-order valence-electron chi connectivity index (χ3n) is 7.20. The van der Waals surface area contributed by atoms with Gasteiger partial charge in [0.25, 0.3) is 0 Å². The lowest BCUT2D eigenvalue weighted by Crippen LogP contribution is -2.33. The Balaban J connectivity index is 1.39. The van der Waals surface area contributed by atoms with E-state index in [1.165, 1.54) is 43.4 Å². The number of thiocarbonyl (C=S) groups is 1. The lowest BCUT2D eigenvalue weighted by Gasteiger charge is -2.32. The van der Waals surface area contributed by atoms with Crippen molar-refractivity contribution in [2.24, 2.45) is 0 Å². The molecule has 5 rings (SSSR count). The van der Waals surface area contributed by atoms with Gasteiger partial charge in [-0.15, -0.1) is 0 Å². The fraction of sp³-hybridized carbons (Fsp3) is 0.393. The van der Waals surface area contributed by atoms with Crippen LogP contribution in [0.5, 0.6) is 0 Å². The topological polar surface area (TPSA) is 62.2 Å². The van der Waals surface area contributed by atoms with E-state index < -0.39 is 0 Å². The van der Waals surface area contributed by atoms with Crippen molar-refractivity contribution in [1.82, 2.24) is 19.8 Å². The summed E-state index contributed by atoms with van der Waals surface area (Å²) in [5, 5.41) is 7.21. The maximum atomic E-state index is 12.8. The van der Waals surface area contributed by atoms with Crippen LogP contribution in [0, 0.1) is 6.92 Å². The van der Waals surface area contributed by atoms with Crippen LogP contribution in [0.3, 0.4) is 0 Å². The molecule has 1 saturated carbocycles. The number of aryl methyl sites for hydroxylation is 1. The first-order valence-corrected chi connectivity index (χ1v) is 13.0. The predicted molar refractivity (Wildman–Crippen MR) is 143 cm³/mol. The number of nitrogens with zero attached hydrogens (tertiary/aromatic N) is 3. The highest BCUT2D eigenvalue weighted by atomic mass is 32.1. The highest BCUT2D eigenvalue weighted by Crippen LogP contribution is 2.41. The number of carbonyl (C=O) groups is 1. The molecule has 1 aliphatic heterocycles. The lowest BCUT2D eigenvalue weighted by molar-refractivity contribution is -0.116. The van der Waals surface area contributed by atoms with E-state index in [4.69, 9.17) is 12.2 Å². The van der Waals surface area contributed by atoms with Crippen LogP contribution in [0.1, 0.15) is 73.6 Å². The molecule has 1 aromatic carbocycles. The minimum atomic E-state index is -0.0684. The molecule has 182 valence electrons. The molecule has 3 aromatic rings. The highest BCUT2D eigenvalue weighted by Gasteiger charge is 2.41. The number of rotatable bonds is 7. The van der Waals surface area contributed by atoms with E-state index in [9.17, 15) is 4.79 Å². The summed E-state index contributed by atoms with van der Waals surface area (Å²) in [4.78, 5) is 19.6. The molecule has 0 radical (unpaired) electrons. The second kappa shape index (κ2) is 10.6. The van der Waals surface area contributed by atoms with Crippen LogP contribution in [0.2, 0.25) is 0 Å². The Labute approximate surface area is 212 Å². The minimum Gasteiger partial charge on any atom is -0.352 e. The Hall–Kier alpha value is -3.19. The third kappa shape index (κ3) is 5.25. The van der Waals surface area contributed by atoms with Gasteiger partial charge in [0, 0.05) is 42.8 Å². The van der Waals surface area contributed by atoms with Crippen molar-refractivity contribution in [3.05, 3.63) is 83.9 Å². The fourth-order valence-electron chi connectivity index (χ4n) is 5.40. The second-order valence-corrected chi connectivity index (χ2v) is 10.0. The summed E-state index contributed by atoms with van der Waals surface area (Å²) in [6.45, 7) is 2.57. The first kappa shape index (κ1) is 23.5. The normalized spacial score (nSPS) is 20.6. The third-order valence-corrected chi connectivity index (χ3v) is 7.55. The van der Waals surface area contributed by atoms with Gasteiger partial charge < -0.3 is 20.1 Å². The molecule has 0 unspecified atom stereocenters. The summed E-state index contributed by atoms with van der Waals surface area (Å²) in [7, 11) is 0. The average Bonchev–Trinajstić information content (AvgIpc) is 3.49. The van der Waals surface area contributed by atoms with Gasteiger partial charge in [-0.2, -0.15) is 0 Å². The Morgan fingerprint density at radius 1 is 1.09 bits per heavy atom. The number of carbonyl (C=O) groups excluding carboxylic acids is 1. The number of anilines is 1. The summed E-state index contributed by atoms with van der Waals surface area (Å²) >= 11 is 5.81. The van der Waals surface area contributed by atoms with Gasteiger partial charge in [-0.05, 0) is 68.4 Å². The molecule has 6 nitrogen and oxygen atoms in total. The lowest BCUT2D eigenvalue weighted by atomic mass is 9.94. The van der Waals surface area contributed by atoms with Crippen LogP contribution in [-0.4, -0.2) is 32.0 Å². The van der Waals surface area contributed by atoms with Gasteiger partial charge in [-0.25, -0.2) is 0 Å². The molecule has 1 aliphatic carbocycles. The Morgan fingerprint density at radius 2 is 1.89 bits per heavy atom. The van der Waals surface area contributed by atoms with Crippen LogP contribution in [0.15, 0.2) is 67.0 Å². The first-order valence-electron chi connectivity index (χ1n) is 12.6. The molecule has 2 fully saturated rings. The summed E-state index contributed by atoms with van der Waals surface area (Å²) < 4.78 is 2.45. The van der Waals surface area contributed by atoms with E-state index in [2.05, 4.69) is 49.5 Å². The van der Waals surface area contributed by atoms with E-state index in [0.29, 0.717) is 24.1 Å². The standard InChI is InChI=1S/C28H33N5OS/c1-20-12-14-21(15-13-20)30-25(34)16-19-33-27(26(31-28(33)35)23-10-5-6-17-29-23)24-11-7-18-32(24)22-8-3-2-4-9-22/h5-7,10-15,17-18,22,26-27H,2-4,8-9,16,19H2,1H3,(H,30,34)(H,31,35)/t26-,27+/m0/s1. The van der Waals surface area contributed by atoms with Crippen molar-refractivity contribution in [2.75, 3.05) is 11.9 Å². The van der Waals surface area contributed by atoms with Crippen LogP contribution in [-0.2, 0) is 4.79 Å². The number of benzene rings is 1. The van der Waals surface area contributed by atoms with E-state index >= 15 is 0 Å². The molecule has 7 heteroatoms. The molecular weight excluding hydrogens is 454 g/mol. The van der Waals surface area contributed by atoms with E-state index in [1.54, 1.807) is 0 Å². The summed E-state index contributed by atoms with van der Waals surface area (Å²) in [5.41, 5.74) is 4.18. The number of amides is 1. The zero-order valence-electron chi connectivity index (χ0n) is 20.2. The molecule has 0 spiro atoms. The summed E-state index contributed by atoms with van der Waals surface area (Å²) in [5.74, 6) is -0.0145. The number of pyridine rings is 1. The van der Waals surface area contributed by atoms with Gasteiger partial charge in [0.1, 0.15) is 0 Å².